The fourth-order valence-corrected chi connectivity index (χ4v) is 13.7. The van der Waals surface area contributed by atoms with Gasteiger partial charge in [-0.3, -0.25) is 13.8 Å². The number of pyridine rings is 1. The Morgan fingerprint density at radius 2 is 1.65 bits per heavy atom. The van der Waals surface area contributed by atoms with E-state index in [1.807, 2.05) is 95.6 Å². The molecule has 18 nitrogen and oxygen atoms in total. The predicted octanol–water partition coefficient (Wildman–Crippen LogP) is 10.0. The summed E-state index contributed by atoms with van der Waals surface area (Å²) in [7, 11) is -5.49. The Morgan fingerprint density at radius 3 is 2.33 bits per heavy atom. The number of nitrogens with zero attached hydrogens (tertiary/aromatic N) is 1. The lowest BCUT2D eigenvalue weighted by molar-refractivity contribution is -0.167. The average Bonchev–Trinajstić information content (AvgIpc) is 2.26. The van der Waals surface area contributed by atoms with Crippen molar-refractivity contribution in [1.82, 2.24) is 10.3 Å². The minimum atomic E-state index is -4.31. The molecule has 2 aliphatic carbocycles. The second-order valence-corrected chi connectivity index (χ2v) is 33.2. The van der Waals surface area contributed by atoms with Crippen molar-refractivity contribution in [2.24, 2.45) is 0 Å². The van der Waals surface area contributed by atoms with Crippen molar-refractivity contribution in [3.05, 3.63) is 119 Å². The summed E-state index contributed by atoms with van der Waals surface area (Å²) < 4.78 is 104. The highest BCUT2D eigenvalue weighted by Gasteiger charge is 2.61. The van der Waals surface area contributed by atoms with Crippen LogP contribution in [0.1, 0.15) is 54.3 Å². The van der Waals surface area contributed by atoms with Crippen molar-refractivity contribution in [2.75, 3.05) is 47.6 Å². The third-order valence-electron chi connectivity index (χ3n) is 13.3. The van der Waals surface area contributed by atoms with Crippen LogP contribution in [0, 0.1) is 23.7 Å². The first kappa shape index (κ1) is 62.6. The van der Waals surface area contributed by atoms with E-state index in [0.717, 1.165) is 22.6 Å². The third kappa shape index (κ3) is 14.5. The van der Waals surface area contributed by atoms with Gasteiger partial charge in [0.2, 0.25) is 5.75 Å². The van der Waals surface area contributed by atoms with E-state index in [1.165, 1.54) is 21.3 Å². The Balaban J connectivity index is 1.32. The number of carbonyl (C=O) groups excluding carboxylic acids is 2. The fourth-order valence-electron chi connectivity index (χ4n) is 10.3. The second-order valence-electron chi connectivity index (χ2n) is 22.3. The average molecular weight is 1210 g/mol. The lowest BCUT2D eigenvalue weighted by Crippen LogP contribution is -2.61. The van der Waals surface area contributed by atoms with Crippen LogP contribution in [0.3, 0.4) is 0 Å². The van der Waals surface area contributed by atoms with Crippen LogP contribution >= 0.6 is 11.6 Å². The largest absolute Gasteiger partial charge is 0.492 e. The zero-order valence-electron chi connectivity index (χ0n) is 48.8. The normalized spacial score (nSPS) is 22.7. The molecule has 22 heteroatoms. The van der Waals surface area contributed by atoms with Crippen molar-refractivity contribution in [2.45, 2.75) is 120 Å². The van der Waals surface area contributed by atoms with Crippen molar-refractivity contribution in [3.8, 4) is 52.4 Å². The molecule has 9 rings (SSSR count). The number of halogens is 1. The first-order valence-electron chi connectivity index (χ1n) is 26.9. The quantitative estimate of drug-likeness (QED) is 0.0138. The van der Waals surface area contributed by atoms with Gasteiger partial charge in [-0.05, 0) is 111 Å². The van der Waals surface area contributed by atoms with Crippen LogP contribution in [-0.2, 0) is 53.5 Å². The number of hydrogen-bond acceptors (Lipinski definition) is 17. The highest BCUT2D eigenvalue weighted by molar-refractivity contribution is 7.86. The maximum Gasteiger partial charge on any atom is 0.308 e. The van der Waals surface area contributed by atoms with Crippen LogP contribution in [0.4, 0.5) is 0 Å². The molecule has 5 aromatic rings. The number of ether oxygens (including phenoxy) is 9. The maximum atomic E-state index is 15.0. The van der Waals surface area contributed by atoms with Gasteiger partial charge in [-0.15, -0.1) is 0 Å². The van der Waals surface area contributed by atoms with Crippen LogP contribution < -0.4 is 29.0 Å². The topological polar surface area (TPSA) is 204 Å². The van der Waals surface area contributed by atoms with Crippen LogP contribution in [-0.4, -0.2) is 131 Å². The molecule has 442 valence electrons. The molecule has 1 aromatic heterocycles. The number of carbonyl (C=O) groups is 2. The Labute approximate surface area is 492 Å². The molecular formula is C61H71ClN2O16SSi2. The molecule has 1 amide bonds. The van der Waals surface area contributed by atoms with Gasteiger partial charge in [0.1, 0.15) is 44.1 Å². The van der Waals surface area contributed by atoms with Gasteiger partial charge < -0.3 is 56.8 Å². The number of nitrogens with one attached hydrogen (secondary N) is 1. The van der Waals surface area contributed by atoms with E-state index in [0.29, 0.717) is 28.0 Å². The molecule has 0 spiro atoms. The lowest BCUT2D eigenvalue weighted by atomic mass is 9.86. The standard InChI is InChI=1S/C61H71ClN2O16SSi2/c1-14-29-72-49-30-41-31-50(76-38(2)3)56(71-6)55(70-5)44(41)33-45(49)59(66)64-47-34-54(65)73-36-53(75-37-69-4)60(79-82(8,9)10)27-18-23-52(78-81(7,67)68)61(80-83(11,12)13)42(26-28-60)32-51(77-48-25-24-46(47)63-58(48)62)57(61)74-35-40-21-17-20-39-19-15-16-22-43(39)40/h14-17,19-22,24-25,30-33,38,47,51-53,57H,1,27,29,34-37H2,2-13H3,(H,64,66)/t47-,51+,52-,53-,57-,60+,61+/m1/s1. The Bertz CT molecular complexity index is 3540. The van der Waals surface area contributed by atoms with E-state index in [2.05, 4.69) is 35.6 Å². The molecule has 0 saturated heterocycles. The van der Waals surface area contributed by atoms with Crippen molar-refractivity contribution >= 4 is 71.8 Å². The number of hydrogen-bond donors (Lipinski definition) is 1. The van der Waals surface area contributed by atoms with E-state index in [9.17, 15) is 18.0 Å². The molecule has 5 bridgehead atoms. The SMILES string of the molecule is C=CCOc1cc2cc(OC(C)C)c(OC)c(OC)c2cc1C(=O)N[C@@H]1CC(=O)OC[C@@H](OCOC)[C@@]2(O[Si](C)(C)C)C#CC3=C[C@H](Oc4ccc1nc4Cl)[C@@H](OCc1cccc4ccccc14)[C@@]3(O[Si](C)(C)C)[C@H](OS(C)(=O)=O)C#CC2. The molecule has 2 aliphatic heterocycles. The van der Waals surface area contributed by atoms with E-state index in [-0.39, 0.29) is 66.0 Å². The highest BCUT2D eigenvalue weighted by Crippen LogP contribution is 2.48. The molecule has 0 saturated carbocycles. The van der Waals surface area contributed by atoms with Gasteiger partial charge in [-0.1, -0.05) is 90.4 Å². The molecule has 4 aromatic carbocycles. The number of aromatic nitrogens is 1. The minimum absolute atomic E-state index is 0.0189. The van der Waals surface area contributed by atoms with E-state index in [1.54, 1.807) is 42.5 Å². The van der Waals surface area contributed by atoms with E-state index < -0.39 is 93.3 Å². The number of methoxy groups -OCH3 is 3. The van der Waals surface area contributed by atoms with E-state index in [4.69, 9.17) is 72.3 Å². The Morgan fingerprint density at radius 1 is 0.928 bits per heavy atom. The molecule has 83 heavy (non-hydrogen) atoms. The first-order valence-corrected chi connectivity index (χ1v) is 36.0. The monoisotopic (exact) mass is 1210 g/mol. The zero-order valence-corrected chi connectivity index (χ0v) is 52.3. The summed E-state index contributed by atoms with van der Waals surface area (Å²) in [5.41, 5.74) is -2.38. The van der Waals surface area contributed by atoms with Crippen LogP contribution in [0.2, 0.25) is 44.4 Å². The number of fused-ring (bicyclic) bond motifs is 9. The predicted molar refractivity (Wildman–Crippen MR) is 320 cm³/mol. The van der Waals surface area contributed by atoms with E-state index >= 15 is 0 Å². The minimum Gasteiger partial charge on any atom is -0.492 e. The third-order valence-corrected chi connectivity index (χ3v) is 16.0. The lowest BCUT2D eigenvalue weighted by Gasteiger charge is -2.44. The molecule has 3 heterocycles. The molecule has 0 unspecified atom stereocenters. The van der Waals surface area contributed by atoms with Crippen molar-refractivity contribution < 1.29 is 73.7 Å². The van der Waals surface area contributed by atoms with Crippen molar-refractivity contribution in [3.63, 3.8) is 0 Å². The van der Waals surface area contributed by atoms with Gasteiger partial charge >= 0.3 is 5.97 Å². The summed E-state index contributed by atoms with van der Waals surface area (Å²) in [6, 6.07) is 20.7. The van der Waals surface area contributed by atoms with Gasteiger partial charge in [-0.25, -0.2) is 4.98 Å². The molecule has 0 fully saturated rings. The highest BCUT2D eigenvalue weighted by atomic mass is 35.5. The van der Waals surface area contributed by atoms with Gasteiger partial charge in [0.05, 0.1) is 63.3 Å². The fraction of sp³-hybridized carbons (Fsp3) is 0.426. The molecule has 7 atom stereocenters. The first-order chi connectivity index (χ1) is 39.3. The molecule has 4 aliphatic rings. The molecular weight excluding hydrogens is 1140 g/mol. The number of rotatable bonds is 21. The van der Waals surface area contributed by atoms with Crippen LogP contribution in [0.5, 0.6) is 28.7 Å². The zero-order chi connectivity index (χ0) is 60.1. The summed E-state index contributed by atoms with van der Waals surface area (Å²) in [5, 5.41) is 5.83. The Kier molecular flexibility index (Phi) is 19.4. The number of esters is 1. The molecule has 0 radical (unpaired) electrons. The maximum absolute atomic E-state index is 15.0. The number of benzene rings is 4. The summed E-state index contributed by atoms with van der Waals surface area (Å²) >= 11 is 7.17. The van der Waals surface area contributed by atoms with Gasteiger partial charge in [0.15, 0.2) is 56.3 Å². The van der Waals surface area contributed by atoms with Crippen LogP contribution in [0.25, 0.3) is 21.5 Å². The smallest absolute Gasteiger partial charge is 0.308 e. The van der Waals surface area contributed by atoms with Gasteiger partial charge in [0, 0.05) is 18.1 Å². The summed E-state index contributed by atoms with van der Waals surface area (Å²) in [4.78, 5) is 34.3. The summed E-state index contributed by atoms with van der Waals surface area (Å²) in [6.45, 7) is 18.5. The second kappa shape index (κ2) is 25.8. The van der Waals surface area contributed by atoms with Crippen molar-refractivity contribution in [1.29, 1.82) is 0 Å². The van der Waals surface area contributed by atoms with Gasteiger partial charge in [-0.2, -0.15) is 8.42 Å². The van der Waals surface area contributed by atoms with Gasteiger partial charge in [0.25, 0.3) is 16.0 Å². The number of amides is 1. The molecule has 1 N–H and O–H groups in total. The summed E-state index contributed by atoms with van der Waals surface area (Å²) in [5.74, 6) is 12.9. The van der Waals surface area contributed by atoms with Crippen LogP contribution in [0.15, 0.2) is 97.1 Å². The summed E-state index contributed by atoms with van der Waals surface area (Å²) in [6.07, 6.45) is -1.93. The Hall–Kier alpha value is -6.48.